The highest BCUT2D eigenvalue weighted by molar-refractivity contribution is 6.12. The molecule has 3 rings (SSSR count). The molecule has 0 aliphatic carbocycles. The molecule has 0 aliphatic rings. The van der Waals surface area contributed by atoms with Gasteiger partial charge in [-0.15, -0.1) is 6.42 Å². The zero-order valence-electron chi connectivity index (χ0n) is 10.7. The van der Waals surface area contributed by atoms with Gasteiger partial charge < -0.3 is 10.3 Å². The second kappa shape index (κ2) is 4.94. The summed E-state index contributed by atoms with van der Waals surface area (Å²) < 4.78 is 0. The van der Waals surface area contributed by atoms with Gasteiger partial charge in [0.05, 0.1) is 0 Å². The van der Waals surface area contributed by atoms with E-state index in [0.717, 1.165) is 16.5 Å². The number of hydrogen-bond donors (Lipinski definition) is 2. The zero-order chi connectivity index (χ0) is 13.9. The number of terminal acetylenes is 1. The number of aromatic amines is 1. The minimum Gasteiger partial charge on any atom is -0.361 e. The van der Waals surface area contributed by atoms with Gasteiger partial charge in [0.2, 0.25) is 0 Å². The number of benzene rings is 2. The molecule has 0 bridgehead atoms. The van der Waals surface area contributed by atoms with Gasteiger partial charge >= 0.3 is 0 Å². The van der Waals surface area contributed by atoms with Gasteiger partial charge in [0, 0.05) is 33.9 Å². The molecular weight excluding hydrogens is 248 g/mol. The third-order valence-electron chi connectivity index (χ3n) is 3.13. The third-order valence-corrected chi connectivity index (χ3v) is 3.13. The number of fused-ring (bicyclic) bond motifs is 1. The Labute approximate surface area is 116 Å². The predicted molar refractivity (Wildman–Crippen MR) is 80.6 cm³/mol. The predicted octanol–water partition coefficient (Wildman–Crippen LogP) is 3.40. The third kappa shape index (κ3) is 2.15. The average molecular weight is 260 g/mol. The molecular formula is C17H12N2O. The molecule has 0 radical (unpaired) electrons. The Balaban J connectivity index is 1.93. The van der Waals surface area contributed by atoms with Crippen molar-refractivity contribution < 1.29 is 4.79 Å². The van der Waals surface area contributed by atoms with Crippen LogP contribution >= 0.6 is 0 Å². The summed E-state index contributed by atoms with van der Waals surface area (Å²) in [7, 11) is 0. The highest BCUT2D eigenvalue weighted by atomic mass is 16.1. The molecule has 3 heteroatoms. The fourth-order valence-corrected chi connectivity index (χ4v) is 2.17. The SMILES string of the molecule is C#Cc1cccc(NC(=O)c2cccc3[nH]ccc23)c1. The van der Waals surface area contributed by atoms with E-state index in [-0.39, 0.29) is 5.91 Å². The van der Waals surface area contributed by atoms with E-state index in [1.807, 2.05) is 42.6 Å². The number of aromatic nitrogens is 1. The number of nitrogens with one attached hydrogen (secondary N) is 2. The highest BCUT2D eigenvalue weighted by Gasteiger charge is 2.10. The standard InChI is InChI=1S/C17H12N2O/c1-2-12-5-3-6-13(11-12)19-17(20)15-7-4-8-16-14(15)9-10-18-16/h1,3-11,18H,(H,19,20). The fourth-order valence-electron chi connectivity index (χ4n) is 2.17. The Morgan fingerprint density at radius 1 is 1.15 bits per heavy atom. The van der Waals surface area contributed by atoms with E-state index in [1.54, 1.807) is 12.1 Å². The van der Waals surface area contributed by atoms with Crippen LogP contribution in [0.25, 0.3) is 10.9 Å². The lowest BCUT2D eigenvalue weighted by Crippen LogP contribution is -2.12. The zero-order valence-corrected chi connectivity index (χ0v) is 10.7. The highest BCUT2D eigenvalue weighted by Crippen LogP contribution is 2.19. The molecule has 1 heterocycles. The molecule has 0 aliphatic heterocycles. The number of carbonyl (C=O) groups is 1. The van der Waals surface area contributed by atoms with E-state index in [9.17, 15) is 4.79 Å². The van der Waals surface area contributed by atoms with Gasteiger partial charge in [0.1, 0.15) is 0 Å². The first kappa shape index (κ1) is 12.1. The second-order valence-corrected chi connectivity index (χ2v) is 4.42. The van der Waals surface area contributed by atoms with Crippen LogP contribution in [-0.2, 0) is 0 Å². The van der Waals surface area contributed by atoms with Crippen LogP contribution in [-0.4, -0.2) is 10.9 Å². The summed E-state index contributed by atoms with van der Waals surface area (Å²) in [5, 5.41) is 3.77. The van der Waals surface area contributed by atoms with Crippen molar-refractivity contribution in [2.45, 2.75) is 0 Å². The lowest BCUT2D eigenvalue weighted by molar-refractivity contribution is 0.102. The van der Waals surface area contributed by atoms with Crippen LogP contribution in [0.1, 0.15) is 15.9 Å². The molecule has 3 aromatic rings. The Bertz CT molecular complexity index is 824. The van der Waals surface area contributed by atoms with Crippen LogP contribution in [0, 0.1) is 12.3 Å². The summed E-state index contributed by atoms with van der Waals surface area (Å²) in [5.74, 6) is 2.40. The number of H-pyrrole nitrogens is 1. The minimum atomic E-state index is -0.149. The molecule has 0 saturated heterocycles. The molecule has 2 N–H and O–H groups in total. The number of rotatable bonds is 2. The maximum atomic E-state index is 12.3. The molecule has 96 valence electrons. The summed E-state index contributed by atoms with van der Waals surface area (Å²) in [6.45, 7) is 0. The van der Waals surface area contributed by atoms with Gasteiger partial charge in [0.15, 0.2) is 0 Å². The van der Waals surface area contributed by atoms with Gasteiger partial charge in [-0.05, 0) is 36.4 Å². The molecule has 20 heavy (non-hydrogen) atoms. The van der Waals surface area contributed by atoms with Crippen LogP contribution < -0.4 is 5.32 Å². The lowest BCUT2D eigenvalue weighted by Gasteiger charge is -2.06. The van der Waals surface area contributed by atoms with E-state index in [0.29, 0.717) is 11.3 Å². The summed E-state index contributed by atoms with van der Waals surface area (Å²) in [4.78, 5) is 15.4. The molecule has 1 aromatic heterocycles. The van der Waals surface area contributed by atoms with Crippen LogP contribution in [0.3, 0.4) is 0 Å². The molecule has 1 amide bonds. The smallest absolute Gasteiger partial charge is 0.256 e. The molecule has 0 saturated carbocycles. The van der Waals surface area contributed by atoms with Gasteiger partial charge in [0.25, 0.3) is 5.91 Å². The lowest BCUT2D eigenvalue weighted by atomic mass is 10.1. The van der Waals surface area contributed by atoms with Crippen molar-refractivity contribution in [3.05, 3.63) is 65.9 Å². The van der Waals surface area contributed by atoms with Crippen molar-refractivity contribution in [1.29, 1.82) is 0 Å². The molecule has 0 unspecified atom stereocenters. The largest absolute Gasteiger partial charge is 0.361 e. The maximum Gasteiger partial charge on any atom is 0.256 e. The fraction of sp³-hybridized carbons (Fsp3) is 0. The molecule has 0 atom stereocenters. The summed E-state index contributed by atoms with van der Waals surface area (Å²) in [5.41, 5.74) is 3.01. The quantitative estimate of drug-likeness (QED) is 0.681. The number of amides is 1. The summed E-state index contributed by atoms with van der Waals surface area (Å²) in [6.07, 6.45) is 7.17. The first-order valence-corrected chi connectivity index (χ1v) is 6.22. The molecule has 0 spiro atoms. The minimum absolute atomic E-state index is 0.149. The monoisotopic (exact) mass is 260 g/mol. The van der Waals surface area contributed by atoms with E-state index in [2.05, 4.69) is 16.2 Å². The van der Waals surface area contributed by atoms with E-state index >= 15 is 0 Å². The Morgan fingerprint density at radius 2 is 2.00 bits per heavy atom. The van der Waals surface area contributed by atoms with Gasteiger partial charge in [-0.3, -0.25) is 4.79 Å². The maximum absolute atomic E-state index is 12.3. The van der Waals surface area contributed by atoms with Crippen LogP contribution in [0.4, 0.5) is 5.69 Å². The van der Waals surface area contributed by atoms with Gasteiger partial charge in [-0.2, -0.15) is 0 Å². The van der Waals surface area contributed by atoms with Crippen molar-refractivity contribution in [3.63, 3.8) is 0 Å². The summed E-state index contributed by atoms with van der Waals surface area (Å²) >= 11 is 0. The van der Waals surface area contributed by atoms with Crippen LogP contribution in [0.2, 0.25) is 0 Å². The summed E-state index contributed by atoms with van der Waals surface area (Å²) in [6, 6.07) is 14.7. The Hall–Kier alpha value is -2.99. The van der Waals surface area contributed by atoms with Gasteiger partial charge in [-0.25, -0.2) is 0 Å². The second-order valence-electron chi connectivity index (χ2n) is 4.42. The first-order valence-electron chi connectivity index (χ1n) is 6.22. The Kier molecular flexibility index (Phi) is 2.98. The number of hydrogen-bond acceptors (Lipinski definition) is 1. The number of carbonyl (C=O) groups excluding carboxylic acids is 1. The van der Waals surface area contributed by atoms with Crippen molar-refractivity contribution in [2.75, 3.05) is 5.32 Å². The van der Waals surface area contributed by atoms with Crippen LogP contribution in [0.5, 0.6) is 0 Å². The molecule has 3 nitrogen and oxygen atoms in total. The first-order chi connectivity index (χ1) is 9.78. The number of anilines is 1. The van der Waals surface area contributed by atoms with E-state index in [4.69, 9.17) is 6.42 Å². The van der Waals surface area contributed by atoms with Crippen molar-refractivity contribution >= 4 is 22.5 Å². The molecule has 0 fully saturated rings. The molecule has 2 aromatic carbocycles. The van der Waals surface area contributed by atoms with Gasteiger partial charge in [-0.1, -0.05) is 18.1 Å². The topological polar surface area (TPSA) is 44.9 Å². The van der Waals surface area contributed by atoms with Crippen molar-refractivity contribution in [2.24, 2.45) is 0 Å². The van der Waals surface area contributed by atoms with Crippen molar-refractivity contribution in [1.82, 2.24) is 4.98 Å². The Morgan fingerprint density at radius 3 is 2.85 bits per heavy atom. The normalized spacial score (nSPS) is 10.2. The average Bonchev–Trinajstić information content (AvgIpc) is 2.95. The van der Waals surface area contributed by atoms with E-state index < -0.39 is 0 Å². The van der Waals surface area contributed by atoms with Crippen molar-refractivity contribution in [3.8, 4) is 12.3 Å². The van der Waals surface area contributed by atoms with Crippen LogP contribution in [0.15, 0.2) is 54.7 Å². The van der Waals surface area contributed by atoms with E-state index in [1.165, 1.54) is 0 Å².